The molecule has 0 saturated heterocycles. The number of aliphatic carboxylic acids is 1. The number of carbonyl (C=O) groups excluding carboxylic acids is 3. The highest BCUT2D eigenvalue weighted by atomic mass is 16.6. The fourth-order valence-electron chi connectivity index (χ4n) is 6.11. The van der Waals surface area contributed by atoms with Crippen LogP contribution in [0.4, 0.5) is 0 Å². The first-order valence-electron chi connectivity index (χ1n) is 20.7. The quantitative estimate of drug-likeness (QED) is 0.0274. The van der Waals surface area contributed by atoms with E-state index in [1.165, 1.54) is 103 Å². The van der Waals surface area contributed by atoms with Crippen molar-refractivity contribution in [3.05, 3.63) is 12.2 Å². The van der Waals surface area contributed by atoms with E-state index in [4.69, 9.17) is 14.2 Å². The van der Waals surface area contributed by atoms with Gasteiger partial charge in [-0.3, -0.25) is 9.59 Å². The van der Waals surface area contributed by atoms with E-state index in [0.717, 1.165) is 51.4 Å². The fourth-order valence-corrected chi connectivity index (χ4v) is 6.11. The van der Waals surface area contributed by atoms with E-state index in [0.29, 0.717) is 12.8 Å². The first-order chi connectivity index (χ1) is 24.1. The summed E-state index contributed by atoms with van der Waals surface area (Å²) < 4.78 is 17.1. The molecule has 0 spiro atoms. The Morgan fingerprint density at radius 2 is 1.02 bits per heavy atom. The van der Waals surface area contributed by atoms with Crippen molar-refractivity contribution in [3.63, 3.8) is 0 Å². The highest BCUT2D eigenvalue weighted by Gasteiger charge is 2.25. The van der Waals surface area contributed by atoms with E-state index < -0.39 is 18.1 Å². The molecule has 0 aliphatic heterocycles. The molecular formula is C42H79NO7. The topological polar surface area (TPSA) is 102 Å². The number of esters is 2. The van der Waals surface area contributed by atoms with Gasteiger partial charge in [0.05, 0.1) is 40.3 Å². The molecule has 0 heterocycles. The van der Waals surface area contributed by atoms with Crippen LogP contribution in [0.15, 0.2) is 12.2 Å². The van der Waals surface area contributed by atoms with Crippen molar-refractivity contribution >= 4 is 17.9 Å². The van der Waals surface area contributed by atoms with Gasteiger partial charge in [0.15, 0.2) is 6.10 Å². The number of quaternary nitrogens is 1. The standard InChI is InChI=1S/C42H79NO7/c1-6-8-10-12-14-16-18-19-20-21-23-24-26-28-30-32-40(44)49-37-38(36-48-35-34-39(42(46)47)43(3,4)5)50-41(45)33-31-29-27-25-22-17-15-13-11-9-7-2/h13,15,38-39H,6-12,14,16-37H2,1-5H3/b15-13+. The summed E-state index contributed by atoms with van der Waals surface area (Å²) in [7, 11) is 5.40. The summed E-state index contributed by atoms with van der Waals surface area (Å²) in [4.78, 5) is 36.7. The summed E-state index contributed by atoms with van der Waals surface area (Å²) in [5, 5.41) is 11.6. The molecule has 0 aromatic heterocycles. The van der Waals surface area contributed by atoms with Crippen LogP contribution in [0.25, 0.3) is 0 Å². The van der Waals surface area contributed by atoms with Gasteiger partial charge in [-0.1, -0.05) is 148 Å². The zero-order valence-electron chi connectivity index (χ0n) is 33.3. The van der Waals surface area contributed by atoms with Crippen molar-refractivity contribution in [2.75, 3.05) is 41.0 Å². The van der Waals surface area contributed by atoms with Crippen molar-refractivity contribution < 1.29 is 38.2 Å². The first kappa shape index (κ1) is 48.1. The van der Waals surface area contributed by atoms with Crippen LogP contribution >= 0.6 is 0 Å². The summed E-state index contributed by atoms with van der Waals surface area (Å²) in [5.74, 6) is -1.74. The van der Waals surface area contributed by atoms with Gasteiger partial charge < -0.3 is 28.6 Å². The Morgan fingerprint density at radius 3 is 1.50 bits per heavy atom. The van der Waals surface area contributed by atoms with E-state index in [-0.39, 0.29) is 42.7 Å². The zero-order valence-corrected chi connectivity index (χ0v) is 33.3. The number of hydrogen-bond donors (Lipinski definition) is 0. The Kier molecular flexibility index (Phi) is 32.9. The van der Waals surface area contributed by atoms with Gasteiger partial charge in [-0.15, -0.1) is 0 Å². The maximum atomic E-state index is 12.6. The maximum Gasteiger partial charge on any atom is 0.306 e. The van der Waals surface area contributed by atoms with Crippen molar-refractivity contribution in [2.24, 2.45) is 0 Å². The molecule has 0 radical (unpaired) electrons. The van der Waals surface area contributed by atoms with Crippen LogP contribution in [0.5, 0.6) is 0 Å². The largest absolute Gasteiger partial charge is 0.544 e. The van der Waals surface area contributed by atoms with Crippen molar-refractivity contribution in [2.45, 2.75) is 199 Å². The summed E-state index contributed by atoms with van der Waals surface area (Å²) in [6, 6.07) is -0.721. The van der Waals surface area contributed by atoms with Crippen LogP contribution in [0.2, 0.25) is 0 Å². The Hall–Kier alpha value is -1.93. The van der Waals surface area contributed by atoms with Crippen LogP contribution in [-0.4, -0.2) is 75.5 Å². The van der Waals surface area contributed by atoms with Gasteiger partial charge in [0, 0.05) is 19.3 Å². The Morgan fingerprint density at radius 1 is 0.580 bits per heavy atom. The molecule has 0 aromatic rings. The number of likely N-dealkylation sites (N-methyl/N-ethyl adjacent to an activating group) is 1. The van der Waals surface area contributed by atoms with Gasteiger partial charge >= 0.3 is 11.9 Å². The molecular weight excluding hydrogens is 630 g/mol. The Bertz CT molecular complexity index is 838. The Balaban J connectivity index is 4.34. The molecule has 0 bridgehead atoms. The molecule has 0 amide bonds. The minimum absolute atomic E-state index is 0.0423. The van der Waals surface area contributed by atoms with Crippen LogP contribution in [-0.2, 0) is 28.6 Å². The van der Waals surface area contributed by atoms with Crippen LogP contribution in [0.3, 0.4) is 0 Å². The number of unbranched alkanes of at least 4 members (excludes halogenated alkanes) is 21. The third kappa shape index (κ3) is 32.0. The monoisotopic (exact) mass is 710 g/mol. The van der Waals surface area contributed by atoms with E-state index >= 15 is 0 Å². The second-order valence-corrected chi connectivity index (χ2v) is 15.2. The fraction of sp³-hybridized carbons (Fsp3) is 0.881. The van der Waals surface area contributed by atoms with Crippen molar-refractivity contribution in [1.29, 1.82) is 0 Å². The molecule has 0 fully saturated rings. The highest BCUT2D eigenvalue weighted by Crippen LogP contribution is 2.15. The smallest absolute Gasteiger partial charge is 0.306 e. The third-order valence-corrected chi connectivity index (χ3v) is 9.40. The normalized spacial score (nSPS) is 13.1. The van der Waals surface area contributed by atoms with Crippen molar-refractivity contribution in [3.8, 4) is 0 Å². The van der Waals surface area contributed by atoms with Gasteiger partial charge in [-0.25, -0.2) is 0 Å². The first-order valence-corrected chi connectivity index (χ1v) is 20.7. The molecule has 50 heavy (non-hydrogen) atoms. The zero-order chi connectivity index (χ0) is 37.1. The molecule has 0 rings (SSSR count). The summed E-state index contributed by atoms with van der Waals surface area (Å²) in [6.07, 6.45) is 33.7. The predicted octanol–water partition coefficient (Wildman–Crippen LogP) is 9.41. The second kappa shape index (κ2) is 34.2. The van der Waals surface area contributed by atoms with Gasteiger partial charge in [-0.05, 0) is 32.1 Å². The van der Waals surface area contributed by atoms with E-state index in [9.17, 15) is 19.5 Å². The number of rotatable bonds is 37. The average Bonchev–Trinajstić information content (AvgIpc) is 3.06. The molecule has 294 valence electrons. The lowest BCUT2D eigenvalue weighted by molar-refractivity contribution is -0.889. The number of allylic oxidation sites excluding steroid dienone is 2. The summed E-state index contributed by atoms with van der Waals surface area (Å²) >= 11 is 0. The molecule has 0 aliphatic rings. The lowest BCUT2D eigenvalue weighted by atomic mass is 10.0. The minimum Gasteiger partial charge on any atom is -0.544 e. The van der Waals surface area contributed by atoms with Gasteiger partial charge in [0.1, 0.15) is 12.6 Å². The molecule has 0 N–H and O–H groups in total. The number of nitrogens with zero attached hydrogens (tertiary/aromatic N) is 1. The Labute approximate surface area is 308 Å². The predicted molar refractivity (Wildman–Crippen MR) is 204 cm³/mol. The van der Waals surface area contributed by atoms with Crippen molar-refractivity contribution in [1.82, 2.24) is 0 Å². The number of carboxylic acids is 1. The van der Waals surface area contributed by atoms with E-state index in [1.54, 1.807) is 21.1 Å². The molecule has 2 unspecified atom stereocenters. The molecule has 0 saturated carbocycles. The SMILES string of the molecule is CCCC/C=C/CCCCCCCC(=O)OC(COCCC(C(=O)[O-])[N+](C)(C)C)COC(=O)CCCCCCCCCCCCCCCCC. The molecule has 8 nitrogen and oxygen atoms in total. The molecule has 8 heteroatoms. The molecule has 2 atom stereocenters. The number of hydrogen-bond acceptors (Lipinski definition) is 7. The number of carboxylic acid groups (broad SMARTS) is 1. The van der Waals surface area contributed by atoms with Crippen LogP contribution < -0.4 is 5.11 Å². The third-order valence-electron chi connectivity index (χ3n) is 9.40. The number of carbonyl (C=O) groups is 3. The van der Waals surface area contributed by atoms with Gasteiger partial charge in [0.25, 0.3) is 0 Å². The van der Waals surface area contributed by atoms with Crippen LogP contribution in [0.1, 0.15) is 187 Å². The molecule has 0 aromatic carbocycles. The highest BCUT2D eigenvalue weighted by molar-refractivity contribution is 5.70. The van der Waals surface area contributed by atoms with Gasteiger partial charge in [0.2, 0.25) is 0 Å². The lowest BCUT2D eigenvalue weighted by Crippen LogP contribution is -2.55. The average molecular weight is 710 g/mol. The van der Waals surface area contributed by atoms with Gasteiger partial charge in [-0.2, -0.15) is 0 Å². The second-order valence-electron chi connectivity index (χ2n) is 15.2. The molecule has 0 aliphatic carbocycles. The van der Waals surface area contributed by atoms with E-state index in [2.05, 4.69) is 26.0 Å². The minimum atomic E-state index is -1.12. The summed E-state index contributed by atoms with van der Waals surface area (Å²) in [5.41, 5.74) is 0. The van der Waals surface area contributed by atoms with E-state index in [1.807, 2.05) is 0 Å². The maximum absolute atomic E-state index is 12.6. The van der Waals surface area contributed by atoms with Crippen LogP contribution in [0, 0.1) is 0 Å². The number of ether oxygens (including phenoxy) is 3. The lowest BCUT2D eigenvalue weighted by Gasteiger charge is -2.34. The summed E-state index contributed by atoms with van der Waals surface area (Å²) in [6.45, 7) is 4.62.